The molecule has 0 saturated carbocycles. The third-order valence-electron chi connectivity index (χ3n) is 1.88. The molecular weight excluding hydrogens is 182 g/mol. The average Bonchev–Trinajstić information content (AvgIpc) is 2.32. The first-order valence-corrected chi connectivity index (χ1v) is 4.89. The maximum absolute atomic E-state index is 4.25. The van der Waals surface area contributed by atoms with Crippen LogP contribution in [0.15, 0.2) is 60.7 Å². The summed E-state index contributed by atoms with van der Waals surface area (Å²) < 4.78 is 4.25. The summed E-state index contributed by atoms with van der Waals surface area (Å²) in [5.41, 5.74) is 2.55. The van der Waals surface area contributed by atoms with Gasteiger partial charge < -0.3 is 4.57 Å². The van der Waals surface area contributed by atoms with E-state index in [-0.39, 0.29) is 0 Å². The van der Waals surface area contributed by atoms with Gasteiger partial charge in [0.25, 0.3) is 0 Å². The molecule has 0 N–H and O–H groups in total. The average molecular weight is 196 g/mol. The Balaban J connectivity index is 0.000000337. The lowest BCUT2D eigenvalue weighted by Gasteiger charge is -1.98. The molecule has 0 aliphatic carbocycles. The van der Waals surface area contributed by atoms with Crippen LogP contribution < -0.4 is 0 Å². The minimum atomic E-state index is 1.28. The van der Waals surface area contributed by atoms with Crippen LogP contribution in [-0.2, 0) is 4.57 Å². The van der Waals surface area contributed by atoms with Crippen LogP contribution in [0.25, 0.3) is 11.1 Å². The maximum atomic E-state index is 4.25. The third kappa shape index (κ3) is 4.05. The summed E-state index contributed by atoms with van der Waals surface area (Å²) in [6, 6.07) is 20.8. The molecule has 15 heavy (non-hydrogen) atoms. The Bertz CT molecular complexity index is 324. The molecule has 0 unspecified atom stereocenters. The van der Waals surface area contributed by atoms with Gasteiger partial charge in [0.1, 0.15) is 0 Å². The summed E-state index contributed by atoms with van der Waals surface area (Å²) in [5, 5.41) is 0. The Morgan fingerprint density at radius 3 is 1.13 bits per heavy atom. The van der Waals surface area contributed by atoms with Gasteiger partial charge in [-0.1, -0.05) is 60.7 Å². The Hall–Kier alpha value is -1.47. The van der Waals surface area contributed by atoms with Crippen LogP contribution in [0.3, 0.4) is 0 Å². The number of rotatable bonds is 1. The topological polar surface area (TPSA) is 9.23 Å². The Kier molecular flexibility index (Phi) is 5.34. The van der Waals surface area contributed by atoms with Gasteiger partial charge in [0.05, 0.1) is 0 Å². The highest BCUT2D eigenvalue weighted by atomic mass is 16.4. The Morgan fingerprint density at radius 2 is 0.867 bits per heavy atom. The van der Waals surface area contributed by atoms with E-state index in [1.165, 1.54) is 11.1 Å². The van der Waals surface area contributed by atoms with Crippen LogP contribution in [0.5, 0.6) is 0 Å². The molecule has 0 fully saturated rings. The Labute approximate surface area is 93.0 Å². The molecule has 0 heterocycles. The fourth-order valence-corrected chi connectivity index (χ4v) is 1.26. The number of benzene rings is 2. The molecule has 0 aromatic heterocycles. The summed E-state index contributed by atoms with van der Waals surface area (Å²) in [5.74, 6) is 0. The van der Waals surface area contributed by atoms with Gasteiger partial charge in [-0.3, -0.25) is 0 Å². The largest absolute Gasteiger partial charge is 0.509 e. The van der Waals surface area contributed by atoms with E-state index in [1.54, 1.807) is 16.1 Å². The van der Waals surface area contributed by atoms with Gasteiger partial charge in [-0.05, 0) is 11.1 Å². The molecule has 0 atom stereocenters. The van der Waals surface area contributed by atoms with Crippen molar-refractivity contribution in [3.05, 3.63) is 60.7 Å². The van der Waals surface area contributed by atoms with Crippen LogP contribution in [0.1, 0.15) is 0 Å². The van der Waals surface area contributed by atoms with E-state index in [4.69, 9.17) is 0 Å². The lowest BCUT2D eigenvalue weighted by Crippen LogP contribution is -1.73. The van der Waals surface area contributed by atoms with Crippen LogP contribution in [0.4, 0.5) is 0 Å². The molecule has 0 amide bonds. The van der Waals surface area contributed by atoms with Gasteiger partial charge in [-0.15, -0.1) is 0 Å². The molecule has 0 saturated heterocycles. The highest BCUT2D eigenvalue weighted by molar-refractivity contribution is 6.15. The Morgan fingerprint density at radius 1 is 0.600 bits per heavy atom. The van der Waals surface area contributed by atoms with E-state index in [2.05, 4.69) is 53.1 Å². The predicted octanol–water partition coefficient (Wildman–Crippen LogP) is 1.45. The van der Waals surface area contributed by atoms with Crippen molar-refractivity contribution in [2.75, 3.05) is 0 Å². The summed E-state index contributed by atoms with van der Waals surface area (Å²) in [4.78, 5) is 0. The predicted molar refractivity (Wildman–Crippen MR) is 70.1 cm³/mol. The van der Waals surface area contributed by atoms with Crippen molar-refractivity contribution >= 4 is 16.1 Å². The second-order valence-electron chi connectivity index (χ2n) is 3.14. The number of hydrogen-bond acceptors (Lipinski definition) is 1. The van der Waals surface area contributed by atoms with Crippen molar-refractivity contribution in [2.45, 2.75) is 0 Å². The summed E-state index contributed by atoms with van der Waals surface area (Å²) in [6.45, 7) is 0. The maximum Gasteiger partial charge on any atom is 0.237 e. The molecule has 0 spiro atoms. The molecular formula is C12H14B2O. The minimum absolute atomic E-state index is 1.28. The normalized spacial score (nSPS) is 8.80. The van der Waals surface area contributed by atoms with Crippen molar-refractivity contribution in [2.24, 2.45) is 0 Å². The lowest BCUT2D eigenvalue weighted by molar-refractivity contribution is 0.690. The first kappa shape index (κ1) is 11.6. The standard InChI is InChI=1S/C12H10.B2H4O/c1-3-7-11(8-4-1)12-9-5-2-6-10-12;1-3-2/h1-10H;1-2H2. The van der Waals surface area contributed by atoms with Gasteiger partial charge in [-0.2, -0.15) is 0 Å². The van der Waals surface area contributed by atoms with Crippen molar-refractivity contribution in [3.8, 4) is 11.1 Å². The van der Waals surface area contributed by atoms with Crippen LogP contribution in [-0.4, -0.2) is 16.1 Å². The van der Waals surface area contributed by atoms with Crippen LogP contribution in [0, 0.1) is 0 Å². The van der Waals surface area contributed by atoms with E-state index in [9.17, 15) is 0 Å². The third-order valence-corrected chi connectivity index (χ3v) is 1.88. The molecule has 3 heteroatoms. The lowest BCUT2D eigenvalue weighted by atomic mass is 10.1. The van der Waals surface area contributed by atoms with Gasteiger partial charge in [0, 0.05) is 0 Å². The van der Waals surface area contributed by atoms with Gasteiger partial charge in [-0.25, -0.2) is 0 Å². The molecule has 1 nitrogen and oxygen atoms in total. The van der Waals surface area contributed by atoms with Crippen molar-refractivity contribution in [3.63, 3.8) is 0 Å². The summed E-state index contributed by atoms with van der Waals surface area (Å²) in [7, 11) is 3.25. The minimum Gasteiger partial charge on any atom is -0.509 e. The fraction of sp³-hybridized carbons (Fsp3) is 0. The quantitative estimate of drug-likeness (QED) is 0.627. The van der Waals surface area contributed by atoms with E-state index in [0.717, 1.165) is 0 Å². The summed E-state index contributed by atoms with van der Waals surface area (Å²) in [6.07, 6.45) is 0. The van der Waals surface area contributed by atoms with Crippen molar-refractivity contribution in [1.82, 2.24) is 0 Å². The molecule has 0 bridgehead atoms. The fourth-order valence-electron chi connectivity index (χ4n) is 1.26. The molecule has 2 rings (SSSR count). The van der Waals surface area contributed by atoms with Crippen molar-refractivity contribution in [1.29, 1.82) is 0 Å². The molecule has 74 valence electrons. The second kappa shape index (κ2) is 6.91. The van der Waals surface area contributed by atoms with E-state index >= 15 is 0 Å². The van der Waals surface area contributed by atoms with Gasteiger partial charge in [0.2, 0.25) is 16.1 Å². The molecule has 0 radical (unpaired) electrons. The second-order valence-corrected chi connectivity index (χ2v) is 3.14. The van der Waals surface area contributed by atoms with E-state index in [1.807, 2.05) is 12.1 Å². The highest BCUT2D eigenvalue weighted by Crippen LogP contribution is 2.17. The molecule has 0 aliphatic heterocycles. The molecule has 2 aromatic carbocycles. The zero-order valence-electron chi connectivity index (χ0n) is 9.18. The zero-order chi connectivity index (χ0) is 10.9. The van der Waals surface area contributed by atoms with E-state index in [0.29, 0.717) is 0 Å². The smallest absolute Gasteiger partial charge is 0.237 e. The molecule has 2 aromatic rings. The van der Waals surface area contributed by atoms with E-state index < -0.39 is 0 Å². The first-order valence-electron chi connectivity index (χ1n) is 4.89. The highest BCUT2D eigenvalue weighted by Gasteiger charge is 1.91. The SMILES string of the molecule is BOB.c1ccc(-c2ccccc2)cc1. The monoisotopic (exact) mass is 196 g/mol. The van der Waals surface area contributed by atoms with Gasteiger partial charge >= 0.3 is 0 Å². The first-order chi connectivity index (χ1) is 7.38. The van der Waals surface area contributed by atoms with Gasteiger partial charge in [0.15, 0.2) is 0 Å². The number of hydrogen-bond donors (Lipinski definition) is 0. The zero-order valence-corrected chi connectivity index (χ0v) is 9.18. The van der Waals surface area contributed by atoms with Crippen LogP contribution >= 0.6 is 0 Å². The van der Waals surface area contributed by atoms with Crippen molar-refractivity contribution < 1.29 is 4.57 Å². The van der Waals surface area contributed by atoms with Crippen LogP contribution in [0.2, 0.25) is 0 Å². The summed E-state index contributed by atoms with van der Waals surface area (Å²) >= 11 is 0. The molecule has 0 aliphatic rings.